The third-order valence-corrected chi connectivity index (χ3v) is 11.1. The number of hydrogen-bond acceptors (Lipinski definition) is 7. The van der Waals surface area contributed by atoms with Crippen LogP contribution in [0.15, 0.2) is 23.9 Å². The van der Waals surface area contributed by atoms with Gasteiger partial charge in [0.2, 0.25) is 0 Å². The number of carbonyl (C=O) groups is 2. The van der Waals surface area contributed by atoms with Crippen LogP contribution >= 0.6 is 7.82 Å². The summed E-state index contributed by atoms with van der Waals surface area (Å²) in [5.74, 6) is -1.07. The van der Waals surface area contributed by atoms with E-state index >= 15 is 8.63 Å². The first-order valence-electron chi connectivity index (χ1n) is 20.6. The maximum absolute atomic E-state index is 15.7. The first-order valence-corrected chi connectivity index (χ1v) is 22.1. The topological polar surface area (TPSA) is 116 Å². The Balaban J connectivity index is 1.43. The zero-order valence-electron chi connectivity index (χ0n) is 34.4. The Kier molecular flexibility index (Phi) is 19.5. The zero-order valence-corrected chi connectivity index (χ0v) is 35.3. The number of phosphoric acid groups is 1. The third kappa shape index (κ3) is 16.4. The number of quaternary nitrogens is 1. The molecule has 2 aliphatic heterocycles. The highest BCUT2D eigenvalue weighted by molar-refractivity contribution is 7.47. The molecule has 3 heterocycles. The SMILES string of the molecule is CCCCCCCCCCCCCCCC(=O)OC[C@H](COP(=O)(O)OCC[N+](C)(C)C)OC(=O)CCCCC1=[N+]2C(=Cc3c(C)cc(C)n3[B-]2(F)F)C=C1. The molecule has 0 spiro atoms. The van der Waals surface area contributed by atoms with Crippen LogP contribution in [0.1, 0.15) is 139 Å². The molecule has 3 rings (SSSR count). The van der Waals surface area contributed by atoms with Gasteiger partial charge in [-0.1, -0.05) is 84.0 Å². The van der Waals surface area contributed by atoms with Crippen molar-refractivity contribution in [2.75, 3.05) is 47.5 Å². The van der Waals surface area contributed by atoms with Crippen LogP contribution in [-0.2, 0) is 32.7 Å². The average Bonchev–Trinajstić information content (AvgIpc) is 3.65. The van der Waals surface area contributed by atoms with Gasteiger partial charge in [0.25, 0.3) is 0 Å². The molecule has 0 amide bonds. The number of rotatable bonds is 29. The molecule has 0 aromatic carbocycles. The van der Waals surface area contributed by atoms with Crippen LogP contribution in [0.25, 0.3) is 6.08 Å². The highest BCUT2D eigenvalue weighted by Crippen LogP contribution is 2.43. The van der Waals surface area contributed by atoms with Crippen molar-refractivity contribution in [3.63, 3.8) is 0 Å². The molecular weight excluding hydrogens is 730 g/mol. The zero-order chi connectivity index (χ0) is 40.5. The summed E-state index contributed by atoms with van der Waals surface area (Å²) >= 11 is 0. The van der Waals surface area contributed by atoms with Crippen molar-refractivity contribution in [3.05, 3.63) is 40.9 Å². The summed E-state index contributed by atoms with van der Waals surface area (Å²) < 4.78 is 67.9. The monoisotopic (exact) mass is 798 g/mol. The quantitative estimate of drug-likeness (QED) is 0.0281. The fraction of sp³-hybridized carbons (Fsp3) is 0.725. The first-order chi connectivity index (χ1) is 26.0. The number of nitrogens with zero attached hydrogens (tertiary/aromatic N) is 3. The number of allylic oxidation sites excluding steroid dienone is 2. The second-order valence-corrected chi connectivity index (χ2v) is 17.6. The van der Waals surface area contributed by atoms with Gasteiger partial charge in [0.15, 0.2) is 11.8 Å². The van der Waals surface area contributed by atoms with Gasteiger partial charge in [0, 0.05) is 43.2 Å². The molecule has 312 valence electrons. The van der Waals surface area contributed by atoms with Crippen molar-refractivity contribution in [1.29, 1.82) is 0 Å². The average molecular weight is 799 g/mol. The fourth-order valence-electron chi connectivity index (χ4n) is 7.02. The van der Waals surface area contributed by atoms with E-state index in [-0.39, 0.29) is 26.1 Å². The molecule has 1 unspecified atom stereocenters. The van der Waals surface area contributed by atoms with Gasteiger partial charge in [-0.05, 0) is 50.4 Å². The lowest BCUT2D eigenvalue weighted by molar-refractivity contribution is -0.870. The number of likely N-dealkylation sites (N-methyl/N-ethyl adjacent to an activating group) is 1. The number of ether oxygens (including phenoxy) is 2. The van der Waals surface area contributed by atoms with Gasteiger partial charge >= 0.3 is 26.7 Å². The normalized spacial score (nSPS) is 16.4. The summed E-state index contributed by atoms with van der Waals surface area (Å²) in [6, 6.07) is 1.76. The van der Waals surface area contributed by atoms with Crippen molar-refractivity contribution < 1.29 is 55.2 Å². The number of unbranched alkanes of at least 4 members (excludes halogenated alkanes) is 13. The van der Waals surface area contributed by atoms with Crippen LogP contribution in [0.4, 0.5) is 8.63 Å². The Hall–Kier alpha value is -2.64. The van der Waals surface area contributed by atoms with Crippen LogP contribution in [0, 0.1) is 13.8 Å². The van der Waals surface area contributed by atoms with E-state index in [1.54, 1.807) is 31.2 Å². The van der Waals surface area contributed by atoms with Crippen LogP contribution < -0.4 is 0 Å². The molecular formula is C40H68BF2N3O8P+. The molecule has 0 saturated carbocycles. The van der Waals surface area contributed by atoms with Gasteiger partial charge in [-0.2, -0.15) is 0 Å². The molecule has 1 N–H and O–H groups in total. The third-order valence-electron chi connectivity index (χ3n) is 10.1. The number of aromatic nitrogens is 1. The smallest absolute Gasteiger partial charge is 0.462 e. The highest BCUT2D eigenvalue weighted by atomic mass is 31.2. The van der Waals surface area contributed by atoms with Crippen molar-refractivity contribution in [2.45, 2.75) is 142 Å². The second kappa shape index (κ2) is 22.9. The van der Waals surface area contributed by atoms with E-state index in [1.165, 1.54) is 57.8 Å². The molecule has 0 saturated heterocycles. The van der Waals surface area contributed by atoms with E-state index in [0.29, 0.717) is 59.5 Å². The van der Waals surface area contributed by atoms with E-state index in [2.05, 4.69) is 6.92 Å². The number of esters is 2. The lowest BCUT2D eigenvalue weighted by Crippen LogP contribution is -2.50. The Morgan fingerprint density at radius 3 is 2.05 bits per heavy atom. The maximum Gasteiger partial charge on any atom is 0.737 e. The minimum Gasteiger partial charge on any atom is -0.462 e. The Labute approximate surface area is 328 Å². The number of aryl methyl sites for hydroxylation is 2. The van der Waals surface area contributed by atoms with Gasteiger partial charge < -0.3 is 36.4 Å². The molecule has 1 aromatic rings. The molecule has 2 aliphatic rings. The van der Waals surface area contributed by atoms with Crippen molar-refractivity contribution in [2.24, 2.45) is 0 Å². The van der Waals surface area contributed by atoms with Crippen LogP contribution in [0.3, 0.4) is 0 Å². The molecule has 2 atom stereocenters. The minimum absolute atomic E-state index is 0.0263. The van der Waals surface area contributed by atoms with Crippen LogP contribution in [-0.4, -0.2) is 96.6 Å². The second-order valence-electron chi connectivity index (χ2n) is 16.2. The van der Waals surface area contributed by atoms with E-state index in [9.17, 15) is 19.0 Å². The molecule has 0 fully saturated rings. The van der Waals surface area contributed by atoms with E-state index in [0.717, 1.165) is 33.8 Å². The number of phosphoric ester groups is 1. The Morgan fingerprint density at radius 1 is 0.855 bits per heavy atom. The fourth-order valence-corrected chi connectivity index (χ4v) is 7.76. The number of carbonyl (C=O) groups excluding carboxylic acids is 2. The summed E-state index contributed by atoms with van der Waals surface area (Å²) in [4.78, 5) is 35.6. The van der Waals surface area contributed by atoms with Crippen LogP contribution in [0.2, 0.25) is 0 Å². The number of halogens is 2. The predicted molar refractivity (Wildman–Crippen MR) is 214 cm³/mol. The first kappa shape index (κ1) is 46.7. The summed E-state index contributed by atoms with van der Waals surface area (Å²) in [6.07, 6.45) is 20.8. The summed E-state index contributed by atoms with van der Waals surface area (Å²) in [5, 5.41) is 0. The van der Waals surface area contributed by atoms with Gasteiger partial charge in [0.05, 0.1) is 27.7 Å². The molecule has 1 aromatic heterocycles. The highest BCUT2D eigenvalue weighted by Gasteiger charge is 2.52. The van der Waals surface area contributed by atoms with E-state index < -0.39 is 39.4 Å². The van der Waals surface area contributed by atoms with Gasteiger partial charge in [-0.15, -0.1) is 0 Å². The van der Waals surface area contributed by atoms with Gasteiger partial charge in [-0.25, -0.2) is 4.57 Å². The maximum atomic E-state index is 15.7. The Morgan fingerprint density at radius 2 is 1.44 bits per heavy atom. The largest absolute Gasteiger partial charge is 0.737 e. The summed E-state index contributed by atoms with van der Waals surface area (Å²) in [6.45, 7) is 1.25. The molecule has 0 radical (unpaired) electrons. The lowest BCUT2D eigenvalue weighted by Gasteiger charge is -2.30. The van der Waals surface area contributed by atoms with Crippen molar-refractivity contribution >= 4 is 38.5 Å². The van der Waals surface area contributed by atoms with Crippen LogP contribution in [0.5, 0.6) is 0 Å². The molecule has 0 bridgehead atoms. The van der Waals surface area contributed by atoms with Gasteiger partial charge in [-0.3, -0.25) is 18.6 Å². The lowest BCUT2D eigenvalue weighted by atomic mass is 9.90. The minimum atomic E-state index is -4.47. The molecule has 15 heteroatoms. The molecule has 0 aliphatic carbocycles. The van der Waals surface area contributed by atoms with Crippen molar-refractivity contribution in [1.82, 2.24) is 4.48 Å². The standard InChI is InChI=1S/C40H67BF2N3O8P/c1-7-8-9-10-11-12-13-14-15-16-17-18-19-23-39(47)51-31-37(32-53-55(49,50)52-28-27-46(4,5)6)54-40(48)24-21-20-22-35-25-26-36-30-38-33(2)29-34(3)44(38)41(42,43)45(35)36/h25-26,29-30,37H,7-24,27-28,31-32H2,1-6H3/p+1/t37-/m1/s1. The van der Waals surface area contributed by atoms with Crippen molar-refractivity contribution in [3.8, 4) is 0 Å². The summed E-state index contributed by atoms with van der Waals surface area (Å²) in [7, 11) is 1.26. The molecule has 55 heavy (non-hydrogen) atoms. The van der Waals surface area contributed by atoms with E-state index in [1.807, 2.05) is 28.1 Å². The Bertz CT molecular complexity index is 1540. The van der Waals surface area contributed by atoms with Gasteiger partial charge in [0.1, 0.15) is 25.5 Å². The number of fused-ring (bicyclic) bond motifs is 2. The summed E-state index contributed by atoms with van der Waals surface area (Å²) in [5.41, 5.74) is 2.74. The van der Waals surface area contributed by atoms with E-state index in [4.69, 9.17) is 18.5 Å². The number of hydrogen-bond donors (Lipinski definition) is 1. The molecule has 11 nitrogen and oxygen atoms in total. The predicted octanol–water partition coefficient (Wildman–Crippen LogP) is 9.04.